The van der Waals surface area contributed by atoms with Crippen LogP contribution in [0.15, 0.2) is 48.5 Å². The van der Waals surface area contributed by atoms with Gasteiger partial charge in [-0.25, -0.2) is 9.59 Å². The summed E-state index contributed by atoms with van der Waals surface area (Å²) in [5.41, 5.74) is 4.62. The first kappa shape index (κ1) is 23.4. The van der Waals surface area contributed by atoms with E-state index < -0.39 is 24.0 Å². The van der Waals surface area contributed by atoms with Crippen LogP contribution in [0.5, 0.6) is 0 Å². The highest BCUT2D eigenvalue weighted by Gasteiger charge is 2.36. The van der Waals surface area contributed by atoms with E-state index in [2.05, 4.69) is 34.9 Å². The molecular weight excluding hydrogens is 444 g/mol. The molecule has 3 atom stereocenters. The number of ether oxygens (including phenoxy) is 1. The second-order valence-electron chi connectivity index (χ2n) is 10.0. The largest absolute Gasteiger partial charge is 0.480 e. The summed E-state index contributed by atoms with van der Waals surface area (Å²) in [5, 5.41) is 15.2. The fourth-order valence-electron chi connectivity index (χ4n) is 5.60. The average Bonchev–Trinajstić information content (AvgIpc) is 3.63. The SMILES string of the molecule is O=C(NC1CCCCC1C(=O)NC(CC1CC1)C(=O)O)OCC1c2ccccc2-c2ccccc21. The van der Waals surface area contributed by atoms with Crippen molar-refractivity contribution >= 4 is 18.0 Å². The van der Waals surface area contributed by atoms with E-state index in [4.69, 9.17) is 4.74 Å². The van der Waals surface area contributed by atoms with Crippen LogP contribution >= 0.6 is 0 Å². The Morgan fingerprint density at radius 3 is 2.17 bits per heavy atom. The van der Waals surface area contributed by atoms with Crippen molar-refractivity contribution < 1.29 is 24.2 Å². The summed E-state index contributed by atoms with van der Waals surface area (Å²) in [5.74, 6) is -1.39. The minimum absolute atomic E-state index is 0.0302. The Labute approximate surface area is 205 Å². The van der Waals surface area contributed by atoms with Crippen LogP contribution in [0.1, 0.15) is 62.0 Å². The predicted octanol–water partition coefficient (Wildman–Crippen LogP) is 4.45. The monoisotopic (exact) mass is 476 g/mol. The third kappa shape index (κ3) is 5.19. The van der Waals surface area contributed by atoms with Gasteiger partial charge in [-0.2, -0.15) is 0 Å². The van der Waals surface area contributed by atoms with E-state index in [0.717, 1.165) is 36.8 Å². The molecule has 0 spiro atoms. The molecule has 0 aromatic heterocycles. The standard InChI is InChI=1S/C28H32N2O5/c31-26(29-25(27(32)33)15-17-13-14-17)22-11-5-6-12-24(22)30-28(34)35-16-23-20-9-3-1-7-18(20)19-8-2-4-10-21(19)23/h1-4,7-10,17,22-25H,5-6,11-16H2,(H,29,31)(H,30,34)(H,32,33). The van der Waals surface area contributed by atoms with Gasteiger partial charge in [0.1, 0.15) is 12.6 Å². The number of carbonyl (C=O) groups excluding carboxylic acids is 2. The highest BCUT2D eigenvalue weighted by Crippen LogP contribution is 2.44. The predicted molar refractivity (Wildman–Crippen MR) is 131 cm³/mol. The van der Waals surface area contributed by atoms with Gasteiger partial charge in [0.05, 0.1) is 5.92 Å². The van der Waals surface area contributed by atoms with Crippen LogP contribution in [-0.2, 0) is 14.3 Å². The van der Waals surface area contributed by atoms with Gasteiger partial charge in [-0.3, -0.25) is 4.79 Å². The molecular formula is C28H32N2O5. The Morgan fingerprint density at radius 1 is 0.914 bits per heavy atom. The highest BCUT2D eigenvalue weighted by molar-refractivity contribution is 5.86. The Balaban J connectivity index is 1.20. The van der Waals surface area contributed by atoms with Gasteiger partial charge in [0.15, 0.2) is 0 Å². The molecule has 0 saturated heterocycles. The van der Waals surface area contributed by atoms with Crippen molar-refractivity contribution in [1.82, 2.24) is 10.6 Å². The molecule has 2 fully saturated rings. The third-order valence-electron chi connectivity index (χ3n) is 7.63. The Morgan fingerprint density at radius 2 is 1.54 bits per heavy atom. The molecule has 3 unspecified atom stereocenters. The van der Waals surface area contributed by atoms with Crippen LogP contribution in [0.25, 0.3) is 11.1 Å². The molecule has 2 aromatic rings. The molecule has 184 valence electrons. The first-order valence-electron chi connectivity index (χ1n) is 12.7. The van der Waals surface area contributed by atoms with Gasteiger partial charge in [0.2, 0.25) is 5.91 Å². The Bertz CT molecular complexity index is 1070. The molecule has 0 aliphatic heterocycles. The number of aliphatic carboxylic acids is 1. The molecule has 3 aliphatic carbocycles. The van der Waals surface area contributed by atoms with E-state index in [-0.39, 0.29) is 24.5 Å². The van der Waals surface area contributed by atoms with Crippen LogP contribution in [-0.4, -0.2) is 41.8 Å². The fraction of sp³-hybridized carbons (Fsp3) is 0.464. The minimum Gasteiger partial charge on any atom is -0.480 e. The molecule has 2 aromatic carbocycles. The van der Waals surface area contributed by atoms with Crippen molar-refractivity contribution in [3.05, 3.63) is 59.7 Å². The number of hydrogen-bond acceptors (Lipinski definition) is 4. The van der Waals surface area contributed by atoms with Gasteiger partial charge < -0.3 is 20.5 Å². The molecule has 7 heteroatoms. The highest BCUT2D eigenvalue weighted by atomic mass is 16.5. The quantitative estimate of drug-likeness (QED) is 0.522. The number of amides is 2. The molecule has 0 heterocycles. The lowest BCUT2D eigenvalue weighted by atomic mass is 9.83. The normalized spacial score (nSPS) is 21.9. The van der Waals surface area contributed by atoms with Crippen molar-refractivity contribution in [2.75, 3.05) is 6.61 Å². The van der Waals surface area contributed by atoms with E-state index in [1.165, 1.54) is 11.1 Å². The number of carbonyl (C=O) groups is 3. The minimum atomic E-state index is -0.998. The lowest BCUT2D eigenvalue weighted by Gasteiger charge is -2.32. The molecule has 2 saturated carbocycles. The number of rotatable bonds is 8. The summed E-state index contributed by atoms with van der Waals surface area (Å²) >= 11 is 0. The van der Waals surface area contributed by atoms with Crippen molar-refractivity contribution in [2.24, 2.45) is 11.8 Å². The summed E-state index contributed by atoms with van der Waals surface area (Å²) < 4.78 is 5.67. The van der Waals surface area contributed by atoms with E-state index >= 15 is 0 Å². The maximum absolute atomic E-state index is 13.0. The van der Waals surface area contributed by atoms with Crippen LogP contribution < -0.4 is 10.6 Å². The Hall–Kier alpha value is -3.35. The molecule has 3 aliphatic rings. The maximum atomic E-state index is 13.0. The van der Waals surface area contributed by atoms with Crippen LogP contribution in [0.3, 0.4) is 0 Å². The maximum Gasteiger partial charge on any atom is 0.407 e. The molecule has 7 nitrogen and oxygen atoms in total. The fourth-order valence-corrected chi connectivity index (χ4v) is 5.60. The summed E-state index contributed by atoms with van der Waals surface area (Å²) in [7, 11) is 0. The van der Waals surface area contributed by atoms with Crippen LogP contribution in [0.2, 0.25) is 0 Å². The molecule has 2 amide bonds. The number of benzene rings is 2. The van der Waals surface area contributed by atoms with Crippen molar-refractivity contribution in [2.45, 2.75) is 62.9 Å². The van der Waals surface area contributed by atoms with Crippen molar-refractivity contribution in [3.63, 3.8) is 0 Å². The lowest BCUT2D eigenvalue weighted by Crippen LogP contribution is -2.52. The van der Waals surface area contributed by atoms with Gasteiger partial charge >= 0.3 is 12.1 Å². The Kier molecular flexibility index (Phi) is 6.75. The average molecular weight is 477 g/mol. The topological polar surface area (TPSA) is 105 Å². The van der Waals surface area contributed by atoms with Gasteiger partial charge in [-0.15, -0.1) is 0 Å². The van der Waals surface area contributed by atoms with Gasteiger partial charge in [0, 0.05) is 12.0 Å². The number of alkyl carbamates (subject to hydrolysis) is 1. The number of carboxylic acid groups (broad SMARTS) is 1. The smallest absolute Gasteiger partial charge is 0.407 e. The van der Waals surface area contributed by atoms with E-state index in [1.807, 2.05) is 24.3 Å². The van der Waals surface area contributed by atoms with Crippen LogP contribution in [0, 0.1) is 11.8 Å². The molecule has 0 bridgehead atoms. The second-order valence-corrected chi connectivity index (χ2v) is 10.0. The van der Waals surface area contributed by atoms with Gasteiger partial charge in [-0.05, 0) is 47.4 Å². The molecule has 5 rings (SSSR count). The first-order chi connectivity index (χ1) is 17.0. The molecule has 0 radical (unpaired) electrons. The van der Waals surface area contributed by atoms with E-state index in [1.54, 1.807) is 0 Å². The number of nitrogens with one attached hydrogen (secondary N) is 2. The summed E-state index contributed by atoms with van der Waals surface area (Å²) in [6.07, 6.45) is 5.05. The first-order valence-corrected chi connectivity index (χ1v) is 12.7. The lowest BCUT2D eigenvalue weighted by molar-refractivity contribution is -0.143. The zero-order valence-electron chi connectivity index (χ0n) is 19.7. The number of fused-ring (bicyclic) bond motifs is 3. The summed E-state index contributed by atoms with van der Waals surface area (Å²) in [6.45, 7) is 0.214. The zero-order chi connectivity index (χ0) is 24.4. The van der Waals surface area contributed by atoms with Crippen molar-refractivity contribution in [1.29, 1.82) is 0 Å². The summed E-state index contributed by atoms with van der Waals surface area (Å²) in [6, 6.07) is 15.1. The van der Waals surface area contributed by atoms with Crippen molar-refractivity contribution in [3.8, 4) is 11.1 Å². The van der Waals surface area contributed by atoms with E-state index in [0.29, 0.717) is 25.2 Å². The number of carboxylic acids is 1. The molecule has 35 heavy (non-hydrogen) atoms. The zero-order valence-corrected chi connectivity index (χ0v) is 19.7. The van der Waals surface area contributed by atoms with E-state index in [9.17, 15) is 19.5 Å². The second kappa shape index (κ2) is 10.1. The number of hydrogen-bond donors (Lipinski definition) is 3. The summed E-state index contributed by atoms with van der Waals surface area (Å²) in [4.78, 5) is 37.4. The molecule has 3 N–H and O–H groups in total. The van der Waals surface area contributed by atoms with Gasteiger partial charge in [0.25, 0.3) is 0 Å². The van der Waals surface area contributed by atoms with Gasteiger partial charge in [-0.1, -0.05) is 74.2 Å². The third-order valence-corrected chi connectivity index (χ3v) is 7.63. The van der Waals surface area contributed by atoms with Crippen LogP contribution in [0.4, 0.5) is 4.79 Å².